The van der Waals surface area contributed by atoms with Gasteiger partial charge in [-0.05, 0) is 36.5 Å². The van der Waals surface area contributed by atoms with Crippen LogP contribution in [0, 0.1) is 5.92 Å². The van der Waals surface area contributed by atoms with Crippen molar-refractivity contribution in [3.05, 3.63) is 29.8 Å². The standard InChI is InChI=1S/C12H15NO2.ClH/c1-8-6-12(7-8,11(14)15)9-2-4-10(13)5-3-9;/h2-5,8H,6-7,13H2,1H3,(H,14,15);1H. The Kier molecular flexibility index (Phi) is 3.48. The average molecular weight is 242 g/mol. The van der Waals surface area contributed by atoms with Crippen molar-refractivity contribution in [1.82, 2.24) is 0 Å². The molecule has 1 aromatic rings. The summed E-state index contributed by atoms with van der Waals surface area (Å²) >= 11 is 0. The molecular weight excluding hydrogens is 226 g/mol. The minimum absolute atomic E-state index is 0. The Hall–Kier alpha value is -1.22. The largest absolute Gasteiger partial charge is 0.481 e. The van der Waals surface area contributed by atoms with Gasteiger partial charge in [-0.1, -0.05) is 19.1 Å². The zero-order chi connectivity index (χ0) is 11.1. The van der Waals surface area contributed by atoms with Gasteiger partial charge in [-0.25, -0.2) is 0 Å². The molecule has 0 amide bonds. The van der Waals surface area contributed by atoms with E-state index in [9.17, 15) is 9.90 Å². The molecule has 0 aliphatic heterocycles. The van der Waals surface area contributed by atoms with E-state index in [1.807, 2.05) is 12.1 Å². The van der Waals surface area contributed by atoms with Crippen LogP contribution in [0.3, 0.4) is 0 Å². The Balaban J connectivity index is 0.00000128. The molecule has 16 heavy (non-hydrogen) atoms. The number of anilines is 1. The van der Waals surface area contributed by atoms with Gasteiger partial charge in [0.25, 0.3) is 0 Å². The topological polar surface area (TPSA) is 63.3 Å². The third-order valence-electron chi connectivity index (χ3n) is 3.27. The summed E-state index contributed by atoms with van der Waals surface area (Å²) in [6, 6.07) is 7.19. The lowest BCUT2D eigenvalue weighted by atomic mass is 9.59. The van der Waals surface area contributed by atoms with E-state index in [0.29, 0.717) is 11.6 Å². The second-order valence-corrected chi connectivity index (χ2v) is 4.52. The number of nitrogens with two attached hydrogens (primary N) is 1. The smallest absolute Gasteiger partial charge is 0.314 e. The van der Waals surface area contributed by atoms with E-state index in [2.05, 4.69) is 6.92 Å². The molecule has 4 heteroatoms. The number of carboxylic acids is 1. The molecular formula is C12H16ClNO2. The van der Waals surface area contributed by atoms with E-state index in [4.69, 9.17) is 5.73 Å². The SMILES string of the molecule is CC1CC(C(=O)O)(c2ccc(N)cc2)C1.Cl. The normalized spacial score (nSPS) is 27.7. The molecule has 2 rings (SSSR count). The summed E-state index contributed by atoms with van der Waals surface area (Å²) in [5.74, 6) is -0.218. The zero-order valence-electron chi connectivity index (χ0n) is 9.14. The summed E-state index contributed by atoms with van der Waals surface area (Å²) in [5.41, 5.74) is 6.48. The maximum absolute atomic E-state index is 11.3. The van der Waals surface area contributed by atoms with E-state index < -0.39 is 11.4 Å². The maximum atomic E-state index is 11.3. The average Bonchev–Trinajstić information content (AvgIpc) is 2.13. The molecule has 3 N–H and O–H groups in total. The lowest BCUT2D eigenvalue weighted by Crippen LogP contribution is -2.46. The third kappa shape index (κ3) is 1.87. The van der Waals surface area contributed by atoms with Crippen molar-refractivity contribution in [3.63, 3.8) is 0 Å². The van der Waals surface area contributed by atoms with E-state index in [1.54, 1.807) is 12.1 Å². The fourth-order valence-electron chi connectivity index (χ4n) is 2.47. The number of carbonyl (C=O) groups is 1. The predicted octanol–water partition coefficient (Wildman–Crippen LogP) is 2.44. The Morgan fingerprint density at radius 2 is 1.88 bits per heavy atom. The number of halogens is 1. The predicted molar refractivity (Wildman–Crippen MR) is 65.8 cm³/mol. The number of hydrogen-bond donors (Lipinski definition) is 2. The highest BCUT2D eigenvalue weighted by Gasteiger charge is 2.49. The summed E-state index contributed by atoms with van der Waals surface area (Å²) in [6.07, 6.45) is 1.46. The molecule has 88 valence electrons. The summed E-state index contributed by atoms with van der Waals surface area (Å²) in [7, 11) is 0. The molecule has 0 saturated heterocycles. The molecule has 1 aromatic carbocycles. The van der Waals surface area contributed by atoms with Crippen molar-refractivity contribution < 1.29 is 9.90 Å². The van der Waals surface area contributed by atoms with Gasteiger partial charge in [-0.3, -0.25) is 4.79 Å². The van der Waals surface area contributed by atoms with Gasteiger partial charge in [-0.15, -0.1) is 12.4 Å². The first kappa shape index (κ1) is 12.8. The van der Waals surface area contributed by atoms with Crippen LogP contribution in [0.4, 0.5) is 5.69 Å². The van der Waals surface area contributed by atoms with E-state index in [-0.39, 0.29) is 12.4 Å². The lowest BCUT2D eigenvalue weighted by molar-refractivity contribution is -0.149. The molecule has 0 atom stereocenters. The lowest BCUT2D eigenvalue weighted by Gasteiger charge is -2.43. The monoisotopic (exact) mass is 241 g/mol. The molecule has 1 saturated carbocycles. The van der Waals surface area contributed by atoms with E-state index >= 15 is 0 Å². The van der Waals surface area contributed by atoms with Crippen LogP contribution in [0.5, 0.6) is 0 Å². The van der Waals surface area contributed by atoms with Gasteiger partial charge in [0.15, 0.2) is 0 Å². The maximum Gasteiger partial charge on any atom is 0.314 e. The summed E-state index contributed by atoms with van der Waals surface area (Å²) in [4.78, 5) is 11.3. The van der Waals surface area contributed by atoms with Crippen LogP contribution < -0.4 is 5.73 Å². The van der Waals surface area contributed by atoms with Gasteiger partial charge >= 0.3 is 5.97 Å². The van der Waals surface area contributed by atoms with Crippen molar-refractivity contribution in [3.8, 4) is 0 Å². The quantitative estimate of drug-likeness (QED) is 0.782. The summed E-state index contributed by atoms with van der Waals surface area (Å²) in [5, 5.41) is 9.29. The highest BCUT2D eigenvalue weighted by Crippen LogP contribution is 2.47. The van der Waals surface area contributed by atoms with Gasteiger partial charge < -0.3 is 10.8 Å². The molecule has 0 bridgehead atoms. The van der Waals surface area contributed by atoms with Crippen molar-refractivity contribution in [2.45, 2.75) is 25.2 Å². The van der Waals surface area contributed by atoms with Crippen LogP contribution in [-0.2, 0) is 10.2 Å². The second kappa shape index (κ2) is 4.34. The molecule has 1 aliphatic carbocycles. The van der Waals surface area contributed by atoms with E-state index in [0.717, 1.165) is 18.4 Å². The van der Waals surface area contributed by atoms with Gasteiger partial charge in [0.1, 0.15) is 0 Å². The molecule has 0 heterocycles. The Labute approximate surface area is 101 Å². The first-order chi connectivity index (χ1) is 7.04. The molecule has 1 aliphatic rings. The molecule has 0 spiro atoms. The molecule has 1 fully saturated rings. The zero-order valence-corrected chi connectivity index (χ0v) is 9.96. The van der Waals surface area contributed by atoms with Crippen LogP contribution in [0.2, 0.25) is 0 Å². The van der Waals surface area contributed by atoms with Crippen molar-refractivity contribution in [2.75, 3.05) is 5.73 Å². The number of aliphatic carboxylic acids is 1. The Bertz CT molecular complexity index is 383. The number of rotatable bonds is 2. The van der Waals surface area contributed by atoms with Crippen LogP contribution in [0.25, 0.3) is 0 Å². The molecule has 0 unspecified atom stereocenters. The molecule has 0 aromatic heterocycles. The fraction of sp³-hybridized carbons (Fsp3) is 0.417. The van der Waals surface area contributed by atoms with Crippen molar-refractivity contribution in [2.24, 2.45) is 5.92 Å². The Morgan fingerprint density at radius 1 is 1.38 bits per heavy atom. The molecule has 3 nitrogen and oxygen atoms in total. The van der Waals surface area contributed by atoms with Crippen LogP contribution >= 0.6 is 12.4 Å². The van der Waals surface area contributed by atoms with Crippen LogP contribution in [-0.4, -0.2) is 11.1 Å². The summed E-state index contributed by atoms with van der Waals surface area (Å²) in [6.45, 7) is 2.08. The van der Waals surface area contributed by atoms with Gasteiger partial charge in [0.05, 0.1) is 5.41 Å². The fourth-order valence-corrected chi connectivity index (χ4v) is 2.47. The first-order valence-electron chi connectivity index (χ1n) is 5.14. The van der Waals surface area contributed by atoms with Gasteiger partial charge in [0, 0.05) is 5.69 Å². The van der Waals surface area contributed by atoms with Gasteiger partial charge in [-0.2, -0.15) is 0 Å². The summed E-state index contributed by atoms with van der Waals surface area (Å²) < 4.78 is 0. The van der Waals surface area contributed by atoms with Crippen LogP contribution in [0.15, 0.2) is 24.3 Å². The second-order valence-electron chi connectivity index (χ2n) is 4.52. The third-order valence-corrected chi connectivity index (χ3v) is 3.27. The minimum Gasteiger partial charge on any atom is -0.481 e. The molecule has 0 radical (unpaired) electrons. The van der Waals surface area contributed by atoms with Crippen molar-refractivity contribution >= 4 is 24.1 Å². The number of nitrogen functional groups attached to an aromatic ring is 1. The van der Waals surface area contributed by atoms with Gasteiger partial charge in [0.2, 0.25) is 0 Å². The number of hydrogen-bond acceptors (Lipinski definition) is 2. The highest BCUT2D eigenvalue weighted by molar-refractivity contribution is 5.85. The number of carboxylic acid groups (broad SMARTS) is 1. The first-order valence-corrected chi connectivity index (χ1v) is 5.14. The van der Waals surface area contributed by atoms with Crippen LogP contribution in [0.1, 0.15) is 25.3 Å². The van der Waals surface area contributed by atoms with Crippen molar-refractivity contribution in [1.29, 1.82) is 0 Å². The number of benzene rings is 1. The Morgan fingerprint density at radius 3 is 2.25 bits per heavy atom. The minimum atomic E-state index is -0.717. The highest BCUT2D eigenvalue weighted by atomic mass is 35.5. The van der Waals surface area contributed by atoms with E-state index in [1.165, 1.54) is 0 Å².